The molecule has 3 nitrogen and oxygen atoms in total. The fraction of sp³-hybridized carbons (Fsp3) is 0.250. The van der Waals surface area contributed by atoms with Gasteiger partial charge in [-0.3, -0.25) is 0 Å². The van der Waals surface area contributed by atoms with E-state index in [1.54, 1.807) is 7.11 Å². The van der Waals surface area contributed by atoms with Crippen LogP contribution in [-0.4, -0.2) is 13.7 Å². The van der Waals surface area contributed by atoms with Crippen LogP contribution in [0.4, 0.5) is 0 Å². The van der Waals surface area contributed by atoms with Gasteiger partial charge in [0.1, 0.15) is 11.5 Å². The molecule has 0 fully saturated rings. The van der Waals surface area contributed by atoms with Gasteiger partial charge in [-0.2, -0.15) is 0 Å². The first-order valence-corrected chi connectivity index (χ1v) is 6.39. The van der Waals surface area contributed by atoms with Crippen molar-refractivity contribution in [1.29, 1.82) is 0 Å². The fourth-order valence-electron chi connectivity index (χ4n) is 2.10. The van der Waals surface area contributed by atoms with Gasteiger partial charge >= 0.3 is 0 Å². The highest BCUT2D eigenvalue weighted by atomic mass is 16.5. The van der Waals surface area contributed by atoms with Crippen molar-refractivity contribution in [3.05, 3.63) is 48.0 Å². The Kier molecular flexibility index (Phi) is 4.42. The molecule has 0 aliphatic carbocycles. The van der Waals surface area contributed by atoms with E-state index in [0.29, 0.717) is 13.2 Å². The molecule has 0 aliphatic heterocycles. The second-order valence-electron chi connectivity index (χ2n) is 4.16. The minimum absolute atomic E-state index is 0.465. The summed E-state index contributed by atoms with van der Waals surface area (Å²) in [6.07, 6.45) is 0. The Hall–Kier alpha value is -2.00. The summed E-state index contributed by atoms with van der Waals surface area (Å²) in [5, 5.41) is 0. The van der Waals surface area contributed by atoms with Gasteiger partial charge in [-0.1, -0.05) is 24.3 Å². The average molecular weight is 257 g/mol. The summed E-state index contributed by atoms with van der Waals surface area (Å²) in [7, 11) is 1.66. The molecular weight excluding hydrogens is 238 g/mol. The lowest BCUT2D eigenvalue weighted by Crippen LogP contribution is -2.01. The number of rotatable bonds is 5. The van der Waals surface area contributed by atoms with Crippen LogP contribution in [0.15, 0.2) is 42.5 Å². The Labute approximate surface area is 114 Å². The van der Waals surface area contributed by atoms with Gasteiger partial charge in [0.25, 0.3) is 0 Å². The van der Waals surface area contributed by atoms with Crippen molar-refractivity contribution in [3.63, 3.8) is 0 Å². The third-order valence-electron chi connectivity index (χ3n) is 3.01. The minimum atomic E-state index is 0.465. The van der Waals surface area contributed by atoms with Gasteiger partial charge in [-0.25, -0.2) is 0 Å². The molecule has 2 aromatic rings. The number of benzene rings is 2. The van der Waals surface area contributed by atoms with Crippen molar-refractivity contribution >= 4 is 0 Å². The normalized spacial score (nSPS) is 10.3. The predicted octanol–water partition coefficient (Wildman–Crippen LogP) is 3.22. The zero-order chi connectivity index (χ0) is 13.7. The Morgan fingerprint density at radius 3 is 2.53 bits per heavy atom. The Balaban J connectivity index is 2.52. The van der Waals surface area contributed by atoms with Gasteiger partial charge in [0, 0.05) is 12.1 Å². The second kappa shape index (κ2) is 6.25. The number of ether oxygens (including phenoxy) is 2. The third kappa shape index (κ3) is 2.88. The quantitative estimate of drug-likeness (QED) is 0.894. The van der Waals surface area contributed by atoms with Crippen molar-refractivity contribution in [3.8, 4) is 22.6 Å². The Bertz CT molecular complexity index is 552. The summed E-state index contributed by atoms with van der Waals surface area (Å²) >= 11 is 0. The standard InChI is InChI=1S/C16H19NO2/c1-3-19-16-7-5-4-6-15(16)14-9-8-13(18-2)10-12(14)11-17/h4-10H,3,11,17H2,1-2H3. The molecule has 0 heterocycles. The first-order chi connectivity index (χ1) is 9.30. The van der Waals surface area contributed by atoms with E-state index in [1.807, 2.05) is 49.4 Å². The molecule has 100 valence electrons. The largest absolute Gasteiger partial charge is 0.497 e. The molecular formula is C16H19NO2. The molecule has 0 atom stereocenters. The number of nitrogens with two attached hydrogens (primary N) is 1. The van der Waals surface area contributed by atoms with Gasteiger partial charge in [0.15, 0.2) is 0 Å². The maximum absolute atomic E-state index is 5.84. The average Bonchev–Trinajstić information content (AvgIpc) is 2.47. The van der Waals surface area contributed by atoms with E-state index >= 15 is 0 Å². The Morgan fingerprint density at radius 1 is 1.05 bits per heavy atom. The van der Waals surface area contributed by atoms with Gasteiger partial charge < -0.3 is 15.2 Å². The molecule has 0 unspecified atom stereocenters. The fourth-order valence-corrected chi connectivity index (χ4v) is 2.10. The molecule has 0 radical (unpaired) electrons. The van der Waals surface area contributed by atoms with Crippen LogP contribution < -0.4 is 15.2 Å². The summed E-state index contributed by atoms with van der Waals surface area (Å²) in [6.45, 7) is 3.09. The summed E-state index contributed by atoms with van der Waals surface area (Å²) < 4.78 is 10.9. The topological polar surface area (TPSA) is 44.5 Å². The highest BCUT2D eigenvalue weighted by Gasteiger charge is 2.10. The lowest BCUT2D eigenvalue weighted by Gasteiger charge is -2.14. The van der Waals surface area contributed by atoms with E-state index < -0.39 is 0 Å². The highest BCUT2D eigenvalue weighted by Crippen LogP contribution is 2.33. The number of hydrogen-bond donors (Lipinski definition) is 1. The van der Waals surface area contributed by atoms with E-state index in [2.05, 4.69) is 0 Å². The summed E-state index contributed by atoms with van der Waals surface area (Å²) in [5.74, 6) is 1.70. The number of hydrogen-bond acceptors (Lipinski definition) is 3. The van der Waals surface area contributed by atoms with Crippen LogP contribution in [0.1, 0.15) is 12.5 Å². The molecule has 0 spiro atoms. The Morgan fingerprint density at radius 2 is 1.84 bits per heavy atom. The molecule has 0 amide bonds. The van der Waals surface area contributed by atoms with E-state index in [1.165, 1.54) is 0 Å². The maximum atomic E-state index is 5.84. The monoisotopic (exact) mass is 257 g/mol. The van der Waals surface area contributed by atoms with E-state index in [9.17, 15) is 0 Å². The van der Waals surface area contributed by atoms with Gasteiger partial charge in [0.2, 0.25) is 0 Å². The van der Waals surface area contributed by atoms with Crippen molar-refractivity contribution in [1.82, 2.24) is 0 Å². The zero-order valence-corrected chi connectivity index (χ0v) is 11.3. The lowest BCUT2D eigenvalue weighted by molar-refractivity contribution is 0.341. The van der Waals surface area contributed by atoms with Crippen LogP contribution in [0.3, 0.4) is 0 Å². The molecule has 19 heavy (non-hydrogen) atoms. The summed E-state index contributed by atoms with van der Waals surface area (Å²) in [4.78, 5) is 0. The first kappa shape index (κ1) is 13.4. The van der Waals surface area contributed by atoms with Crippen molar-refractivity contribution in [2.75, 3.05) is 13.7 Å². The summed E-state index contributed by atoms with van der Waals surface area (Å²) in [6, 6.07) is 13.9. The third-order valence-corrected chi connectivity index (χ3v) is 3.01. The second-order valence-corrected chi connectivity index (χ2v) is 4.16. The molecule has 0 aromatic heterocycles. The van der Waals surface area contributed by atoms with Crippen molar-refractivity contribution in [2.45, 2.75) is 13.5 Å². The SMILES string of the molecule is CCOc1ccccc1-c1ccc(OC)cc1CN. The van der Waals surface area contributed by atoms with Gasteiger partial charge in [-0.05, 0) is 36.2 Å². The van der Waals surface area contributed by atoms with E-state index in [-0.39, 0.29) is 0 Å². The minimum Gasteiger partial charge on any atom is -0.497 e. The van der Waals surface area contributed by atoms with Gasteiger partial charge in [-0.15, -0.1) is 0 Å². The van der Waals surface area contributed by atoms with Crippen LogP contribution in [-0.2, 0) is 6.54 Å². The molecule has 0 bridgehead atoms. The molecule has 2 aromatic carbocycles. The summed E-state index contributed by atoms with van der Waals surface area (Å²) in [5.41, 5.74) is 9.04. The van der Waals surface area contributed by atoms with Crippen LogP contribution in [0.5, 0.6) is 11.5 Å². The predicted molar refractivity (Wildman–Crippen MR) is 77.5 cm³/mol. The van der Waals surface area contributed by atoms with Crippen LogP contribution in [0, 0.1) is 0 Å². The van der Waals surface area contributed by atoms with Crippen LogP contribution in [0.2, 0.25) is 0 Å². The van der Waals surface area contributed by atoms with E-state index in [4.69, 9.17) is 15.2 Å². The lowest BCUT2D eigenvalue weighted by atomic mass is 9.98. The smallest absolute Gasteiger partial charge is 0.127 e. The zero-order valence-electron chi connectivity index (χ0n) is 11.3. The molecule has 3 heteroatoms. The van der Waals surface area contributed by atoms with Crippen LogP contribution in [0.25, 0.3) is 11.1 Å². The highest BCUT2D eigenvalue weighted by molar-refractivity contribution is 5.74. The molecule has 0 aliphatic rings. The number of para-hydroxylation sites is 1. The van der Waals surface area contributed by atoms with Crippen molar-refractivity contribution in [2.24, 2.45) is 5.73 Å². The molecule has 0 saturated carbocycles. The van der Waals surface area contributed by atoms with Gasteiger partial charge in [0.05, 0.1) is 13.7 Å². The molecule has 2 rings (SSSR count). The maximum Gasteiger partial charge on any atom is 0.127 e. The number of methoxy groups -OCH3 is 1. The van der Waals surface area contributed by atoms with Crippen LogP contribution >= 0.6 is 0 Å². The molecule has 2 N–H and O–H groups in total. The first-order valence-electron chi connectivity index (χ1n) is 6.39. The molecule has 0 saturated heterocycles. The van der Waals surface area contributed by atoms with Crippen molar-refractivity contribution < 1.29 is 9.47 Å². The van der Waals surface area contributed by atoms with E-state index in [0.717, 1.165) is 28.2 Å².